The van der Waals surface area contributed by atoms with Crippen LogP contribution in [0.1, 0.15) is 341 Å². The van der Waals surface area contributed by atoms with Gasteiger partial charge in [-0.25, -0.2) is 0 Å². The molecule has 1 amide bonds. The fraction of sp³-hybridized carbons (Fsp3) is 0.873. The highest BCUT2D eigenvalue weighted by Crippen LogP contribution is 2.23. The van der Waals surface area contributed by atoms with E-state index in [1.165, 1.54) is 270 Å². The first-order valence-electron chi connectivity index (χ1n) is 34.9. The van der Waals surface area contributed by atoms with Crippen molar-refractivity contribution in [2.24, 2.45) is 0 Å². The van der Waals surface area contributed by atoms with E-state index in [4.69, 9.17) is 9.47 Å². The number of rotatable bonds is 61. The molecule has 7 atom stereocenters. The number of carbonyl (C=O) groups excluding carboxylic acids is 1. The maximum atomic E-state index is 13.1. The predicted octanol–water partition coefficient (Wildman–Crippen LogP) is 18.8. The van der Waals surface area contributed by atoms with Crippen molar-refractivity contribution in [2.75, 3.05) is 13.2 Å². The number of aliphatic hydroxyl groups is 5. The van der Waals surface area contributed by atoms with Crippen LogP contribution in [0.3, 0.4) is 0 Å². The van der Waals surface area contributed by atoms with Crippen molar-refractivity contribution < 1.29 is 39.8 Å². The molecule has 0 aliphatic carbocycles. The number of amides is 1. The van der Waals surface area contributed by atoms with Crippen molar-refractivity contribution in [2.45, 2.75) is 384 Å². The molecule has 80 heavy (non-hydrogen) atoms. The first-order valence-corrected chi connectivity index (χ1v) is 34.9. The van der Waals surface area contributed by atoms with Crippen LogP contribution in [0.2, 0.25) is 0 Å². The van der Waals surface area contributed by atoms with Crippen molar-refractivity contribution in [3.63, 3.8) is 0 Å². The number of unbranched alkanes of at least 4 members (excludes halogenated alkanes) is 45. The third-order valence-electron chi connectivity index (χ3n) is 16.6. The summed E-state index contributed by atoms with van der Waals surface area (Å²) in [5.74, 6) is -0.186. The SMILES string of the molecule is CCCCCCCC/C=C/CC/C=C/CC/C=C/C(O)C(COC1OC(CO)C(O)C(O)C1O)NC(=O)CCCCCCCCCCCCCCCCCCCCCCCCCCCCCCC/C=C\CCCCCCCCCC. The summed E-state index contributed by atoms with van der Waals surface area (Å²) in [5.41, 5.74) is 0. The molecule has 6 N–H and O–H groups in total. The highest BCUT2D eigenvalue weighted by molar-refractivity contribution is 5.76. The van der Waals surface area contributed by atoms with Crippen LogP contribution in [0, 0.1) is 0 Å². The predicted molar refractivity (Wildman–Crippen MR) is 341 cm³/mol. The molecule has 0 bridgehead atoms. The Balaban J connectivity index is 2.03. The van der Waals surface area contributed by atoms with E-state index < -0.39 is 49.5 Å². The Hall–Kier alpha value is -1.85. The Morgan fingerprint density at radius 1 is 0.412 bits per heavy atom. The van der Waals surface area contributed by atoms with E-state index >= 15 is 0 Å². The zero-order valence-corrected chi connectivity index (χ0v) is 52.6. The maximum Gasteiger partial charge on any atom is 0.220 e. The summed E-state index contributed by atoms with van der Waals surface area (Å²) >= 11 is 0. The lowest BCUT2D eigenvalue weighted by Gasteiger charge is -2.40. The molecule has 1 saturated heterocycles. The third-order valence-corrected chi connectivity index (χ3v) is 16.6. The van der Waals surface area contributed by atoms with E-state index in [-0.39, 0.29) is 12.5 Å². The van der Waals surface area contributed by atoms with E-state index in [0.717, 1.165) is 51.4 Å². The highest BCUT2D eigenvalue weighted by Gasteiger charge is 2.44. The van der Waals surface area contributed by atoms with Crippen molar-refractivity contribution in [3.8, 4) is 0 Å². The lowest BCUT2D eigenvalue weighted by Crippen LogP contribution is -2.60. The Morgan fingerprint density at radius 3 is 1.05 bits per heavy atom. The van der Waals surface area contributed by atoms with Crippen LogP contribution in [0.15, 0.2) is 48.6 Å². The molecule has 0 radical (unpaired) electrons. The first-order chi connectivity index (χ1) is 39.3. The fourth-order valence-electron chi connectivity index (χ4n) is 11.1. The van der Waals surface area contributed by atoms with Crippen LogP contribution in [-0.2, 0) is 14.3 Å². The summed E-state index contributed by atoms with van der Waals surface area (Å²) in [6, 6.07) is -0.827. The number of hydrogen-bond acceptors (Lipinski definition) is 8. The van der Waals surface area contributed by atoms with Gasteiger partial charge in [0.2, 0.25) is 5.91 Å². The Labute approximate surface area is 494 Å². The fourth-order valence-corrected chi connectivity index (χ4v) is 11.1. The molecule has 0 aromatic heterocycles. The van der Waals surface area contributed by atoms with E-state index in [9.17, 15) is 30.3 Å². The molecular formula is C71H133NO8. The second kappa shape index (κ2) is 60.3. The van der Waals surface area contributed by atoms with Gasteiger partial charge in [0, 0.05) is 6.42 Å². The van der Waals surface area contributed by atoms with E-state index in [0.29, 0.717) is 6.42 Å². The van der Waals surface area contributed by atoms with Gasteiger partial charge >= 0.3 is 0 Å². The molecule has 9 nitrogen and oxygen atoms in total. The molecular weight excluding hydrogens is 995 g/mol. The van der Waals surface area contributed by atoms with E-state index in [2.05, 4.69) is 55.6 Å². The number of hydrogen-bond donors (Lipinski definition) is 6. The molecule has 1 aliphatic rings. The van der Waals surface area contributed by atoms with Gasteiger partial charge in [0.1, 0.15) is 24.4 Å². The van der Waals surface area contributed by atoms with Crippen molar-refractivity contribution in [3.05, 3.63) is 48.6 Å². The van der Waals surface area contributed by atoms with Crippen molar-refractivity contribution in [1.82, 2.24) is 5.32 Å². The van der Waals surface area contributed by atoms with Gasteiger partial charge in [-0.2, -0.15) is 0 Å². The van der Waals surface area contributed by atoms with Crippen LogP contribution in [0.4, 0.5) is 0 Å². The van der Waals surface area contributed by atoms with Crippen molar-refractivity contribution in [1.29, 1.82) is 0 Å². The molecule has 0 saturated carbocycles. The third kappa shape index (κ3) is 48.5. The molecule has 1 aliphatic heterocycles. The molecule has 9 heteroatoms. The summed E-state index contributed by atoms with van der Waals surface area (Å²) in [5, 5.41) is 54.5. The second-order valence-corrected chi connectivity index (χ2v) is 24.3. The Kier molecular flexibility index (Phi) is 57.4. The number of nitrogens with one attached hydrogen (secondary N) is 1. The molecule has 7 unspecified atom stereocenters. The number of carbonyl (C=O) groups is 1. The zero-order chi connectivity index (χ0) is 57.9. The molecule has 1 rings (SSSR count). The summed E-state index contributed by atoms with van der Waals surface area (Å²) in [6.45, 7) is 3.78. The van der Waals surface area contributed by atoms with Gasteiger partial charge < -0.3 is 40.3 Å². The first kappa shape index (κ1) is 76.2. The van der Waals surface area contributed by atoms with E-state index in [1.54, 1.807) is 6.08 Å². The average molecular weight is 1130 g/mol. The minimum absolute atomic E-state index is 0.186. The lowest BCUT2D eigenvalue weighted by molar-refractivity contribution is -0.302. The summed E-state index contributed by atoms with van der Waals surface area (Å²) in [4.78, 5) is 13.1. The van der Waals surface area contributed by atoms with Gasteiger partial charge in [0.05, 0.1) is 25.4 Å². The summed E-state index contributed by atoms with van der Waals surface area (Å²) in [6.07, 6.45) is 75.3. The largest absolute Gasteiger partial charge is 0.394 e. The second-order valence-electron chi connectivity index (χ2n) is 24.3. The molecule has 0 aromatic carbocycles. The van der Waals surface area contributed by atoms with Gasteiger partial charge in [0.25, 0.3) is 0 Å². The normalized spacial score (nSPS) is 18.7. The monoisotopic (exact) mass is 1130 g/mol. The van der Waals surface area contributed by atoms with Crippen LogP contribution in [0.25, 0.3) is 0 Å². The molecule has 1 fully saturated rings. The topological polar surface area (TPSA) is 149 Å². The van der Waals surface area contributed by atoms with Crippen LogP contribution in [-0.4, -0.2) is 87.5 Å². The quantitative estimate of drug-likeness (QED) is 0.0261. The average Bonchev–Trinajstić information content (AvgIpc) is 3.46. The van der Waals surface area contributed by atoms with Gasteiger partial charge in [-0.3, -0.25) is 4.79 Å². The zero-order valence-electron chi connectivity index (χ0n) is 52.6. The van der Waals surface area contributed by atoms with Gasteiger partial charge in [0.15, 0.2) is 6.29 Å². The standard InChI is InChI=1S/C71H133NO8/c1-3-5-7-9-11-13-15-17-19-21-22-23-24-25-26-27-28-29-30-31-32-33-34-35-36-37-38-39-40-41-42-43-44-45-47-49-51-53-55-57-59-61-67(75)72-64(63-79-71-70(78)69(77)68(76)66(62-73)80-71)65(74)60-58-56-54-52-50-48-46-20-18-16-14-12-10-8-6-4-2/h18,20-22,50,52,58,60,64-66,68-71,73-74,76-78H,3-17,19,23-49,51,53-57,59,61-63H2,1-2H3,(H,72,75)/b20-18+,22-21-,52-50+,60-58+. The highest BCUT2D eigenvalue weighted by atomic mass is 16.7. The van der Waals surface area contributed by atoms with E-state index in [1.807, 2.05) is 6.08 Å². The number of allylic oxidation sites excluding steroid dienone is 7. The minimum Gasteiger partial charge on any atom is -0.394 e. The number of aliphatic hydroxyl groups excluding tert-OH is 5. The smallest absolute Gasteiger partial charge is 0.220 e. The Morgan fingerprint density at radius 2 is 0.713 bits per heavy atom. The van der Waals surface area contributed by atoms with Crippen LogP contribution in [0.5, 0.6) is 0 Å². The molecule has 0 aromatic rings. The summed E-state index contributed by atoms with van der Waals surface area (Å²) < 4.78 is 11.3. The molecule has 0 spiro atoms. The van der Waals surface area contributed by atoms with Crippen molar-refractivity contribution >= 4 is 5.91 Å². The minimum atomic E-state index is -1.57. The van der Waals surface area contributed by atoms with Gasteiger partial charge in [-0.05, 0) is 70.6 Å². The van der Waals surface area contributed by atoms with Gasteiger partial charge in [-0.1, -0.05) is 313 Å². The molecule has 470 valence electrons. The molecule has 1 heterocycles. The van der Waals surface area contributed by atoms with Crippen LogP contribution < -0.4 is 5.32 Å². The summed E-state index contributed by atoms with van der Waals surface area (Å²) in [7, 11) is 0. The Bertz CT molecular complexity index is 1400. The maximum absolute atomic E-state index is 13.1. The number of ether oxygens (including phenoxy) is 2. The van der Waals surface area contributed by atoms with Gasteiger partial charge in [-0.15, -0.1) is 0 Å². The lowest BCUT2D eigenvalue weighted by atomic mass is 9.99. The van der Waals surface area contributed by atoms with Crippen LogP contribution >= 0.6 is 0 Å².